The lowest BCUT2D eigenvalue weighted by atomic mass is 10.3. The summed E-state index contributed by atoms with van der Waals surface area (Å²) in [6, 6.07) is 5.78. The van der Waals surface area contributed by atoms with Crippen molar-refractivity contribution in [1.29, 1.82) is 0 Å². The zero-order valence-corrected chi connectivity index (χ0v) is 9.52. The first-order chi connectivity index (χ1) is 7.19. The van der Waals surface area contributed by atoms with Gasteiger partial charge in [0, 0.05) is 12.6 Å². The van der Waals surface area contributed by atoms with Crippen molar-refractivity contribution < 1.29 is 4.79 Å². The Labute approximate surface area is 92.1 Å². The first-order valence-corrected chi connectivity index (χ1v) is 5.67. The number of aromatic nitrogens is 1. The van der Waals surface area contributed by atoms with Gasteiger partial charge in [-0.05, 0) is 24.6 Å². The summed E-state index contributed by atoms with van der Waals surface area (Å²) in [4.78, 5) is 15.3. The van der Waals surface area contributed by atoms with Crippen molar-refractivity contribution in [2.24, 2.45) is 0 Å². The zero-order valence-electron chi connectivity index (χ0n) is 8.70. The summed E-state index contributed by atoms with van der Waals surface area (Å²) in [6.07, 6.45) is 0.953. The van der Waals surface area contributed by atoms with E-state index in [0.29, 0.717) is 0 Å². The van der Waals surface area contributed by atoms with Crippen molar-refractivity contribution in [1.82, 2.24) is 4.98 Å². The number of fused-ring (bicyclic) bond motifs is 1. The van der Waals surface area contributed by atoms with Crippen molar-refractivity contribution in [2.75, 3.05) is 5.32 Å². The summed E-state index contributed by atoms with van der Waals surface area (Å²) in [6.45, 7) is 3.60. The molecule has 2 aromatic rings. The standard InChI is InChI=1S/C11H12N2OS/c1-3-11-13-9-5-4-8(12-7(2)14)6-10(9)15-11/h4-6H,3H2,1-2H3,(H,12,14). The lowest BCUT2D eigenvalue weighted by Gasteiger charge is -1.99. The van der Waals surface area contributed by atoms with Crippen LogP contribution in [0.3, 0.4) is 0 Å². The maximum absolute atomic E-state index is 10.9. The maximum atomic E-state index is 10.9. The molecule has 0 unspecified atom stereocenters. The number of aryl methyl sites for hydroxylation is 1. The van der Waals surface area contributed by atoms with Gasteiger partial charge in [0.25, 0.3) is 0 Å². The molecule has 0 spiro atoms. The third-order valence-electron chi connectivity index (χ3n) is 2.06. The van der Waals surface area contributed by atoms with E-state index in [-0.39, 0.29) is 5.91 Å². The third kappa shape index (κ3) is 2.15. The minimum Gasteiger partial charge on any atom is -0.326 e. The van der Waals surface area contributed by atoms with Gasteiger partial charge in [-0.2, -0.15) is 0 Å². The Hall–Kier alpha value is -1.42. The number of benzene rings is 1. The minimum absolute atomic E-state index is 0.0467. The van der Waals surface area contributed by atoms with Crippen LogP contribution >= 0.6 is 11.3 Å². The van der Waals surface area contributed by atoms with E-state index in [1.807, 2.05) is 18.2 Å². The topological polar surface area (TPSA) is 42.0 Å². The highest BCUT2D eigenvalue weighted by molar-refractivity contribution is 7.18. The van der Waals surface area contributed by atoms with E-state index < -0.39 is 0 Å². The first kappa shape index (κ1) is 10.1. The molecule has 0 saturated heterocycles. The molecular formula is C11H12N2OS. The Bertz CT molecular complexity index is 504. The fraction of sp³-hybridized carbons (Fsp3) is 0.273. The lowest BCUT2D eigenvalue weighted by Crippen LogP contribution is -2.05. The highest BCUT2D eigenvalue weighted by atomic mass is 32.1. The molecule has 78 valence electrons. The quantitative estimate of drug-likeness (QED) is 0.845. The third-order valence-corrected chi connectivity index (χ3v) is 3.22. The fourth-order valence-electron chi connectivity index (χ4n) is 1.40. The second-order valence-corrected chi connectivity index (χ2v) is 4.44. The number of anilines is 1. The molecule has 1 aromatic heterocycles. The minimum atomic E-state index is -0.0467. The number of carbonyl (C=O) groups is 1. The Morgan fingerprint density at radius 1 is 1.53 bits per heavy atom. The molecule has 4 heteroatoms. The summed E-state index contributed by atoms with van der Waals surface area (Å²) >= 11 is 1.68. The van der Waals surface area contributed by atoms with Gasteiger partial charge in [-0.25, -0.2) is 4.98 Å². The van der Waals surface area contributed by atoms with Crippen LogP contribution in [-0.4, -0.2) is 10.9 Å². The van der Waals surface area contributed by atoms with Crippen molar-refractivity contribution >= 4 is 33.1 Å². The van der Waals surface area contributed by atoms with Crippen molar-refractivity contribution in [3.63, 3.8) is 0 Å². The van der Waals surface area contributed by atoms with Crippen LogP contribution in [0.2, 0.25) is 0 Å². The SMILES string of the molecule is CCc1nc2ccc(NC(C)=O)cc2s1. The molecule has 3 nitrogen and oxygen atoms in total. The zero-order chi connectivity index (χ0) is 10.8. The van der Waals surface area contributed by atoms with Gasteiger partial charge in [0.1, 0.15) is 0 Å². The van der Waals surface area contributed by atoms with Gasteiger partial charge < -0.3 is 5.32 Å². The second kappa shape index (κ2) is 3.98. The molecule has 0 atom stereocenters. The molecule has 15 heavy (non-hydrogen) atoms. The maximum Gasteiger partial charge on any atom is 0.221 e. The molecule has 0 fully saturated rings. The van der Waals surface area contributed by atoms with Crippen LogP contribution in [0, 0.1) is 0 Å². The van der Waals surface area contributed by atoms with Crippen molar-refractivity contribution in [2.45, 2.75) is 20.3 Å². The number of hydrogen-bond acceptors (Lipinski definition) is 3. The molecule has 0 radical (unpaired) electrons. The van der Waals surface area contributed by atoms with Crippen LogP contribution in [0.15, 0.2) is 18.2 Å². The van der Waals surface area contributed by atoms with Gasteiger partial charge in [-0.3, -0.25) is 4.79 Å². The first-order valence-electron chi connectivity index (χ1n) is 4.86. The summed E-state index contributed by atoms with van der Waals surface area (Å²) < 4.78 is 1.12. The van der Waals surface area contributed by atoms with E-state index in [1.165, 1.54) is 6.92 Å². The number of nitrogens with zero attached hydrogens (tertiary/aromatic N) is 1. The van der Waals surface area contributed by atoms with Gasteiger partial charge in [-0.15, -0.1) is 11.3 Å². The number of nitrogens with one attached hydrogen (secondary N) is 1. The van der Waals surface area contributed by atoms with E-state index in [0.717, 1.165) is 27.3 Å². The Morgan fingerprint density at radius 2 is 2.33 bits per heavy atom. The number of amides is 1. The molecular weight excluding hydrogens is 208 g/mol. The van der Waals surface area contributed by atoms with Crippen molar-refractivity contribution in [3.05, 3.63) is 23.2 Å². The van der Waals surface area contributed by atoms with Crippen LogP contribution < -0.4 is 5.32 Å². The normalized spacial score (nSPS) is 10.5. The average molecular weight is 220 g/mol. The number of hydrogen-bond donors (Lipinski definition) is 1. The Balaban J connectivity index is 2.41. The smallest absolute Gasteiger partial charge is 0.221 e. The molecule has 0 aliphatic rings. The van der Waals surface area contributed by atoms with Crippen molar-refractivity contribution in [3.8, 4) is 0 Å². The predicted octanol–water partition coefficient (Wildman–Crippen LogP) is 2.82. The molecule has 1 heterocycles. The van der Waals surface area contributed by atoms with E-state index in [2.05, 4.69) is 17.2 Å². The Morgan fingerprint density at radius 3 is 3.00 bits per heavy atom. The highest BCUT2D eigenvalue weighted by Gasteiger charge is 2.03. The van der Waals surface area contributed by atoms with Crippen LogP contribution in [0.1, 0.15) is 18.9 Å². The molecule has 0 saturated carbocycles. The summed E-state index contributed by atoms with van der Waals surface area (Å²) in [5, 5.41) is 3.89. The Kier molecular flexibility index (Phi) is 2.68. The van der Waals surface area contributed by atoms with Crippen LogP contribution in [0.4, 0.5) is 5.69 Å². The average Bonchev–Trinajstić information content (AvgIpc) is 2.58. The lowest BCUT2D eigenvalue weighted by molar-refractivity contribution is -0.114. The highest BCUT2D eigenvalue weighted by Crippen LogP contribution is 2.25. The molecule has 0 aliphatic carbocycles. The fourth-order valence-corrected chi connectivity index (χ4v) is 2.35. The van der Waals surface area contributed by atoms with Crippen LogP contribution in [0.5, 0.6) is 0 Å². The predicted molar refractivity (Wildman–Crippen MR) is 63.3 cm³/mol. The summed E-state index contributed by atoms with van der Waals surface area (Å²) in [5.74, 6) is -0.0467. The van der Waals surface area contributed by atoms with Gasteiger partial charge in [-0.1, -0.05) is 6.92 Å². The van der Waals surface area contributed by atoms with E-state index in [4.69, 9.17) is 0 Å². The largest absolute Gasteiger partial charge is 0.326 e. The monoisotopic (exact) mass is 220 g/mol. The molecule has 1 aromatic carbocycles. The van der Waals surface area contributed by atoms with Gasteiger partial charge in [0.2, 0.25) is 5.91 Å². The molecule has 2 rings (SSSR count). The van der Waals surface area contributed by atoms with Crippen LogP contribution in [-0.2, 0) is 11.2 Å². The number of thiazole rings is 1. The summed E-state index contributed by atoms with van der Waals surface area (Å²) in [7, 11) is 0. The van der Waals surface area contributed by atoms with Crippen LogP contribution in [0.25, 0.3) is 10.2 Å². The second-order valence-electron chi connectivity index (χ2n) is 3.32. The van der Waals surface area contributed by atoms with Gasteiger partial charge in [0.05, 0.1) is 15.2 Å². The number of rotatable bonds is 2. The molecule has 1 amide bonds. The van der Waals surface area contributed by atoms with E-state index >= 15 is 0 Å². The molecule has 0 aliphatic heterocycles. The molecule has 0 bridgehead atoms. The number of carbonyl (C=O) groups excluding carboxylic acids is 1. The van der Waals surface area contributed by atoms with Gasteiger partial charge >= 0.3 is 0 Å². The summed E-state index contributed by atoms with van der Waals surface area (Å²) in [5.41, 5.74) is 1.84. The van der Waals surface area contributed by atoms with Gasteiger partial charge in [0.15, 0.2) is 0 Å². The molecule has 1 N–H and O–H groups in total. The van der Waals surface area contributed by atoms with E-state index in [9.17, 15) is 4.79 Å². The van der Waals surface area contributed by atoms with E-state index in [1.54, 1.807) is 11.3 Å².